The number of nitrogens with one attached hydrogen (secondary N) is 1. The molecule has 3 rings (SSSR count). The van der Waals surface area contributed by atoms with Crippen molar-refractivity contribution in [2.24, 2.45) is 0 Å². The van der Waals surface area contributed by atoms with E-state index in [1.807, 2.05) is 18.2 Å². The average Bonchev–Trinajstić information content (AvgIpc) is 2.65. The van der Waals surface area contributed by atoms with E-state index in [-0.39, 0.29) is 6.03 Å². The zero-order chi connectivity index (χ0) is 17.8. The molecule has 25 heavy (non-hydrogen) atoms. The lowest BCUT2D eigenvalue weighted by atomic mass is 10.1. The molecule has 0 spiro atoms. The minimum atomic E-state index is -0.211. The smallest absolute Gasteiger partial charge is 0.322 e. The summed E-state index contributed by atoms with van der Waals surface area (Å²) in [6, 6.07) is 14.6. The molecule has 1 heterocycles. The number of urea groups is 1. The highest BCUT2D eigenvalue weighted by molar-refractivity contribution is 6.43. The van der Waals surface area contributed by atoms with E-state index >= 15 is 0 Å². The van der Waals surface area contributed by atoms with E-state index in [1.54, 1.807) is 29.2 Å². The molecule has 1 fully saturated rings. The third-order valence-corrected chi connectivity index (χ3v) is 4.94. The van der Waals surface area contributed by atoms with Gasteiger partial charge in [-0.25, -0.2) is 4.79 Å². The quantitative estimate of drug-likeness (QED) is 0.855. The van der Waals surface area contributed by atoms with E-state index in [0.29, 0.717) is 47.5 Å². The summed E-state index contributed by atoms with van der Waals surface area (Å²) >= 11 is 12.1. The first-order valence-electron chi connectivity index (χ1n) is 7.84. The van der Waals surface area contributed by atoms with Crippen LogP contribution in [0.15, 0.2) is 42.5 Å². The van der Waals surface area contributed by atoms with Crippen LogP contribution in [0.1, 0.15) is 5.56 Å². The molecule has 0 radical (unpaired) electrons. The normalized spacial score (nSPS) is 14.1. The fourth-order valence-corrected chi connectivity index (χ4v) is 3.14. The third-order valence-electron chi connectivity index (χ3n) is 4.13. The highest BCUT2D eigenvalue weighted by Crippen LogP contribution is 2.30. The third kappa shape index (κ3) is 3.81. The van der Waals surface area contributed by atoms with Crippen molar-refractivity contribution in [2.75, 3.05) is 36.4 Å². The number of anilines is 2. The van der Waals surface area contributed by atoms with Gasteiger partial charge in [0.2, 0.25) is 0 Å². The lowest BCUT2D eigenvalue weighted by Crippen LogP contribution is -2.50. The number of amides is 2. The average molecular weight is 375 g/mol. The van der Waals surface area contributed by atoms with Crippen molar-refractivity contribution in [1.82, 2.24) is 4.90 Å². The molecular formula is C18H16Cl2N4O. The summed E-state index contributed by atoms with van der Waals surface area (Å²) < 4.78 is 0. The number of carbonyl (C=O) groups is 1. The molecule has 2 aromatic carbocycles. The SMILES string of the molecule is N#Cc1ccccc1N1CCN(C(=O)Nc2cccc(Cl)c2Cl)CC1. The molecule has 1 saturated heterocycles. The number of carbonyl (C=O) groups excluding carboxylic acids is 1. The summed E-state index contributed by atoms with van der Waals surface area (Å²) in [5.41, 5.74) is 2.05. The second kappa shape index (κ2) is 7.64. The van der Waals surface area contributed by atoms with Gasteiger partial charge in [-0.2, -0.15) is 5.26 Å². The van der Waals surface area contributed by atoms with Gasteiger partial charge >= 0.3 is 6.03 Å². The number of hydrogen-bond acceptors (Lipinski definition) is 3. The number of benzene rings is 2. The van der Waals surface area contributed by atoms with Gasteiger partial charge in [-0.1, -0.05) is 41.4 Å². The first-order valence-corrected chi connectivity index (χ1v) is 8.60. The van der Waals surface area contributed by atoms with Crippen molar-refractivity contribution in [2.45, 2.75) is 0 Å². The molecule has 1 N–H and O–H groups in total. The number of piperazine rings is 1. The van der Waals surface area contributed by atoms with Gasteiger partial charge in [0, 0.05) is 26.2 Å². The van der Waals surface area contributed by atoms with Crippen LogP contribution in [0.2, 0.25) is 10.0 Å². The van der Waals surface area contributed by atoms with E-state index in [9.17, 15) is 10.1 Å². The van der Waals surface area contributed by atoms with Gasteiger partial charge in [0.15, 0.2) is 0 Å². The fourth-order valence-electron chi connectivity index (χ4n) is 2.79. The maximum absolute atomic E-state index is 12.4. The Kier molecular flexibility index (Phi) is 5.32. The second-order valence-corrected chi connectivity index (χ2v) is 6.42. The number of para-hydroxylation sites is 1. The topological polar surface area (TPSA) is 59.4 Å². The molecular weight excluding hydrogens is 359 g/mol. The van der Waals surface area contributed by atoms with Gasteiger partial charge < -0.3 is 15.1 Å². The molecule has 128 valence electrons. The van der Waals surface area contributed by atoms with Crippen molar-refractivity contribution in [1.29, 1.82) is 5.26 Å². The highest BCUT2D eigenvalue weighted by Gasteiger charge is 2.23. The van der Waals surface area contributed by atoms with E-state index < -0.39 is 0 Å². The van der Waals surface area contributed by atoms with Crippen molar-refractivity contribution in [3.05, 3.63) is 58.1 Å². The summed E-state index contributed by atoms with van der Waals surface area (Å²) in [6.07, 6.45) is 0. The lowest BCUT2D eigenvalue weighted by Gasteiger charge is -2.36. The summed E-state index contributed by atoms with van der Waals surface area (Å²) in [5, 5.41) is 12.8. The molecule has 0 aliphatic carbocycles. The molecule has 0 bridgehead atoms. The van der Waals surface area contributed by atoms with Crippen LogP contribution in [-0.4, -0.2) is 37.1 Å². The van der Waals surface area contributed by atoms with E-state index in [1.165, 1.54) is 0 Å². The van der Waals surface area contributed by atoms with Crippen LogP contribution < -0.4 is 10.2 Å². The Balaban J connectivity index is 1.63. The van der Waals surface area contributed by atoms with Crippen LogP contribution in [-0.2, 0) is 0 Å². The predicted molar refractivity (Wildman–Crippen MR) is 100 cm³/mol. The molecule has 0 unspecified atom stereocenters. The Hall–Kier alpha value is -2.42. The lowest BCUT2D eigenvalue weighted by molar-refractivity contribution is 0.208. The van der Waals surface area contributed by atoms with Gasteiger partial charge in [0.25, 0.3) is 0 Å². The van der Waals surface area contributed by atoms with Crippen LogP contribution in [0.4, 0.5) is 16.2 Å². The molecule has 5 nitrogen and oxygen atoms in total. The first-order chi connectivity index (χ1) is 12.1. The number of nitriles is 1. The zero-order valence-corrected chi connectivity index (χ0v) is 14.9. The largest absolute Gasteiger partial charge is 0.367 e. The molecule has 0 atom stereocenters. The molecule has 1 aliphatic rings. The minimum absolute atomic E-state index is 0.211. The van der Waals surface area contributed by atoms with Gasteiger partial charge in [-0.3, -0.25) is 0 Å². The summed E-state index contributed by atoms with van der Waals surface area (Å²) in [5.74, 6) is 0. The van der Waals surface area contributed by atoms with Crippen LogP contribution in [0.3, 0.4) is 0 Å². The standard InChI is InChI=1S/C18H16Cl2N4O/c19-14-5-3-6-15(17(14)20)22-18(25)24-10-8-23(9-11-24)16-7-2-1-4-13(16)12-21/h1-7H,8-11H2,(H,22,25). The van der Waals surface area contributed by atoms with Crippen molar-refractivity contribution in [3.8, 4) is 6.07 Å². The van der Waals surface area contributed by atoms with E-state index in [4.69, 9.17) is 23.2 Å². The summed E-state index contributed by atoms with van der Waals surface area (Å²) in [4.78, 5) is 16.3. The van der Waals surface area contributed by atoms with Crippen LogP contribution >= 0.6 is 23.2 Å². The maximum atomic E-state index is 12.4. The van der Waals surface area contributed by atoms with Crippen LogP contribution in [0.5, 0.6) is 0 Å². The Morgan fingerprint density at radius 1 is 1.04 bits per heavy atom. The van der Waals surface area contributed by atoms with Gasteiger partial charge in [-0.05, 0) is 24.3 Å². The number of halogens is 2. The monoisotopic (exact) mass is 374 g/mol. The van der Waals surface area contributed by atoms with Crippen LogP contribution in [0.25, 0.3) is 0 Å². The molecule has 1 aliphatic heterocycles. The van der Waals surface area contributed by atoms with Crippen LogP contribution in [0, 0.1) is 11.3 Å². The Morgan fingerprint density at radius 3 is 2.48 bits per heavy atom. The highest BCUT2D eigenvalue weighted by atomic mass is 35.5. The second-order valence-electron chi connectivity index (χ2n) is 5.63. The zero-order valence-electron chi connectivity index (χ0n) is 13.4. The molecule has 2 amide bonds. The van der Waals surface area contributed by atoms with Crippen molar-refractivity contribution < 1.29 is 4.79 Å². The molecule has 0 saturated carbocycles. The predicted octanol–water partition coefficient (Wildman–Crippen LogP) is 4.22. The van der Waals surface area contributed by atoms with Gasteiger partial charge in [-0.15, -0.1) is 0 Å². The first kappa shape index (κ1) is 17.4. The number of nitrogens with zero attached hydrogens (tertiary/aromatic N) is 3. The molecule has 0 aromatic heterocycles. The maximum Gasteiger partial charge on any atom is 0.322 e. The van der Waals surface area contributed by atoms with E-state index in [0.717, 1.165) is 5.69 Å². The molecule has 7 heteroatoms. The number of rotatable bonds is 2. The van der Waals surface area contributed by atoms with Gasteiger partial charge in [0.05, 0.1) is 27.0 Å². The number of hydrogen-bond donors (Lipinski definition) is 1. The summed E-state index contributed by atoms with van der Waals surface area (Å²) in [7, 11) is 0. The Bertz CT molecular complexity index is 826. The van der Waals surface area contributed by atoms with Crippen molar-refractivity contribution in [3.63, 3.8) is 0 Å². The Morgan fingerprint density at radius 2 is 1.76 bits per heavy atom. The van der Waals surface area contributed by atoms with E-state index in [2.05, 4.69) is 16.3 Å². The fraction of sp³-hybridized carbons (Fsp3) is 0.222. The van der Waals surface area contributed by atoms with Crippen molar-refractivity contribution >= 4 is 40.6 Å². The van der Waals surface area contributed by atoms with Gasteiger partial charge in [0.1, 0.15) is 6.07 Å². The minimum Gasteiger partial charge on any atom is -0.367 e. The Labute approximate surface area is 156 Å². The molecule has 2 aromatic rings. The summed E-state index contributed by atoms with van der Waals surface area (Å²) in [6.45, 7) is 2.44.